The third-order valence-corrected chi connectivity index (χ3v) is 3.74. The highest BCUT2D eigenvalue weighted by molar-refractivity contribution is 5.82. The molecule has 3 rings (SSSR count). The second-order valence-electron chi connectivity index (χ2n) is 5.40. The number of fused-ring (bicyclic) bond motifs is 1. The molecule has 1 unspecified atom stereocenters. The van der Waals surface area contributed by atoms with Gasteiger partial charge in [-0.2, -0.15) is 5.10 Å². The van der Waals surface area contributed by atoms with Crippen LogP contribution in [-0.2, 0) is 19.1 Å². The van der Waals surface area contributed by atoms with E-state index in [2.05, 4.69) is 11.2 Å². The monoisotopic (exact) mass is 266 g/mol. The normalized spacial score (nSPS) is 14.3. The van der Waals surface area contributed by atoms with Gasteiger partial charge in [-0.3, -0.25) is 4.68 Å². The zero-order valence-corrected chi connectivity index (χ0v) is 11.7. The number of aryl methyl sites for hydroxylation is 1. The van der Waals surface area contributed by atoms with E-state index in [9.17, 15) is 5.11 Å². The predicted octanol–water partition coefficient (Wildman–Crippen LogP) is 3.02. The van der Waals surface area contributed by atoms with Crippen molar-refractivity contribution in [3.63, 3.8) is 0 Å². The zero-order valence-electron chi connectivity index (χ0n) is 11.7. The number of nitrogens with zero attached hydrogens (tertiary/aromatic N) is 2. The lowest BCUT2D eigenvalue weighted by Crippen LogP contribution is -2.24. The van der Waals surface area contributed by atoms with Gasteiger partial charge < -0.3 is 5.11 Å². The number of benzene rings is 2. The number of aromatic nitrogens is 2. The van der Waals surface area contributed by atoms with E-state index in [0.29, 0.717) is 6.42 Å². The van der Waals surface area contributed by atoms with Gasteiger partial charge in [-0.15, -0.1) is 0 Å². The van der Waals surface area contributed by atoms with E-state index in [1.807, 2.05) is 67.2 Å². The molecule has 2 aromatic carbocycles. The van der Waals surface area contributed by atoms with Crippen LogP contribution in [0, 0.1) is 0 Å². The molecule has 0 saturated heterocycles. The highest BCUT2D eigenvalue weighted by Gasteiger charge is 2.25. The van der Waals surface area contributed by atoms with Crippen LogP contribution in [0.3, 0.4) is 0 Å². The van der Waals surface area contributed by atoms with Crippen molar-refractivity contribution in [1.29, 1.82) is 0 Å². The minimum absolute atomic E-state index is 0.498. The zero-order chi connectivity index (χ0) is 14.2. The van der Waals surface area contributed by atoms with E-state index in [1.165, 1.54) is 0 Å². The minimum Gasteiger partial charge on any atom is -0.385 e. The molecule has 1 N–H and O–H groups in total. The van der Waals surface area contributed by atoms with Crippen molar-refractivity contribution < 1.29 is 5.11 Å². The van der Waals surface area contributed by atoms with Crippen molar-refractivity contribution in [2.75, 3.05) is 0 Å². The number of hydrogen-bond acceptors (Lipinski definition) is 2. The van der Waals surface area contributed by atoms with Gasteiger partial charge in [0.2, 0.25) is 0 Å². The van der Waals surface area contributed by atoms with Crippen LogP contribution in [0.5, 0.6) is 0 Å². The van der Waals surface area contributed by atoms with Crippen molar-refractivity contribution in [2.24, 2.45) is 7.05 Å². The van der Waals surface area contributed by atoms with Crippen molar-refractivity contribution >= 4 is 10.9 Å². The van der Waals surface area contributed by atoms with Gasteiger partial charge in [0.25, 0.3) is 0 Å². The van der Waals surface area contributed by atoms with Gasteiger partial charge in [0.05, 0.1) is 16.8 Å². The summed E-state index contributed by atoms with van der Waals surface area (Å²) in [4.78, 5) is 0. The lowest BCUT2D eigenvalue weighted by atomic mass is 9.90. The summed E-state index contributed by atoms with van der Waals surface area (Å²) in [6.45, 7) is 1.84. The molecule has 20 heavy (non-hydrogen) atoms. The molecule has 0 aliphatic heterocycles. The SMILES string of the molecule is Cn1nc(CC(C)(O)c2ccccc2)c2ccccc21. The Bertz CT molecular complexity index is 729. The van der Waals surface area contributed by atoms with E-state index in [4.69, 9.17) is 0 Å². The van der Waals surface area contributed by atoms with Crippen LogP contribution in [0.15, 0.2) is 54.6 Å². The molecule has 0 fully saturated rings. The maximum absolute atomic E-state index is 10.8. The Balaban J connectivity index is 2.01. The first kappa shape index (κ1) is 12.9. The van der Waals surface area contributed by atoms with Gasteiger partial charge in [-0.05, 0) is 18.6 Å². The van der Waals surface area contributed by atoms with E-state index in [0.717, 1.165) is 22.2 Å². The van der Waals surface area contributed by atoms with Crippen molar-refractivity contribution in [3.05, 3.63) is 65.9 Å². The van der Waals surface area contributed by atoms with Gasteiger partial charge in [0.15, 0.2) is 0 Å². The quantitative estimate of drug-likeness (QED) is 0.791. The first-order valence-corrected chi connectivity index (χ1v) is 6.76. The fraction of sp³-hybridized carbons (Fsp3) is 0.235. The molecule has 0 amide bonds. The molecule has 1 aromatic heterocycles. The van der Waals surface area contributed by atoms with Crippen LogP contribution >= 0.6 is 0 Å². The lowest BCUT2D eigenvalue weighted by molar-refractivity contribution is 0.0568. The Hall–Kier alpha value is -2.13. The first-order valence-electron chi connectivity index (χ1n) is 6.76. The summed E-state index contributed by atoms with van der Waals surface area (Å²) in [6.07, 6.45) is 0.498. The average molecular weight is 266 g/mol. The molecule has 0 aliphatic rings. The number of hydrogen-bond donors (Lipinski definition) is 1. The molecule has 0 spiro atoms. The number of aliphatic hydroxyl groups is 1. The molecule has 3 aromatic rings. The van der Waals surface area contributed by atoms with Gasteiger partial charge in [-0.1, -0.05) is 48.5 Å². The fourth-order valence-electron chi connectivity index (χ4n) is 2.64. The Kier molecular flexibility index (Phi) is 3.07. The van der Waals surface area contributed by atoms with E-state index >= 15 is 0 Å². The maximum Gasteiger partial charge on any atom is 0.0924 e. The Morgan fingerprint density at radius 1 is 1.05 bits per heavy atom. The molecule has 0 bridgehead atoms. The minimum atomic E-state index is -0.918. The molecule has 102 valence electrons. The predicted molar refractivity (Wildman–Crippen MR) is 80.4 cm³/mol. The highest BCUT2D eigenvalue weighted by atomic mass is 16.3. The number of rotatable bonds is 3. The molecule has 0 saturated carbocycles. The van der Waals surface area contributed by atoms with Crippen LogP contribution in [0.4, 0.5) is 0 Å². The summed E-state index contributed by atoms with van der Waals surface area (Å²) in [7, 11) is 1.93. The summed E-state index contributed by atoms with van der Waals surface area (Å²) in [6, 6.07) is 17.8. The second kappa shape index (κ2) is 4.76. The summed E-state index contributed by atoms with van der Waals surface area (Å²) in [5, 5.41) is 16.4. The van der Waals surface area contributed by atoms with E-state index < -0.39 is 5.60 Å². The average Bonchev–Trinajstić information content (AvgIpc) is 2.76. The maximum atomic E-state index is 10.8. The Morgan fingerprint density at radius 2 is 1.70 bits per heavy atom. The Morgan fingerprint density at radius 3 is 2.45 bits per heavy atom. The van der Waals surface area contributed by atoms with Crippen molar-refractivity contribution in [2.45, 2.75) is 18.9 Å². The standard InChI is InChI=1S/C17H18N2O/c1-17(20,13-8-4-3-5-9-13)12-15-14-10-6-7-11-16(14)19(2)18-15/h3-11,20H,12H2,1-2H3. The highest BCUT2D eigenvalue weighted by Crippen LogP contribution is 2.28. The summed E-state index contributed by atoms with van der Waals surface area (Å²) >= 11 is 0. The van der Waals surface area contributed by atoms with Crippen molar-refractivity contribution in [1.82, 2.24) is 9.78 Å². The van der Waals surface area contributed by atoms with Crippen LogP contribution in [0.1, 0.15) is 18.2 Å². The third kappa shape index (κ3) is 2.21. The summed E-state index contributed by atoms with van der Waals surface area (Å²) < 4.78 is 1.87. The number of para-hydroxylation sites is 1. The van der Waals surface area contributed by atoms with Gasteiger partial charge >= 0.3 is 0 Å². The third-order valence-electron chi connectivity index (χ3n) is 3.74. The molecule has 3 heteroatoms. The van der Waals surface area contributed by atoms with Gasteiger partial charge in [-0.25, -0.2) is 0 Å². The molecular formula is C17H18N2O. The van der Waals surface area contributed by atoms with Crippen LogP contribution in [0.25, 0.3) is 10.9 Å². The lowest BCUT2D eigenvalue weighted by Gasteiger charge is -2.23. The second-order valence-corrected chi connectivity index (χ2v) is 5.40. The van der Waals surface area contributed by atoms with Crippen LogP contribution in [-0.4, -0.2) is 14.9 Å². The fourth-order valence-corrected chi connectivity index (χ4v) is 2.64. The van der Waals surface area contributed by atoms with Crippen molar-refractivity contribution in [3.8, 4) is 0 Å². The molecular weight excluding hydrogens is 248 g/mol. The first-order chi connectivity index (χ1) is 9.58. The smallest absolute Gasteiger partial charge is 0.0924 e. The van der Waals surface area contributed by atoms with E-state index in [1.54, 1.807) is 0 Å². The van der Waals surface area contributed by atoms with E-state index in [-0.39, 0.29) is 0 Å². The summed E-state index contributed by atoms with van der Waals surface area (Å²) in [5.74, 6) is 0. The van der Waals surface area contributed by atoms with Gasteiger partial charge in [0, 0.05) is 18.9 Å². The molecule has 3 nitrogen and oxygen atoms in total. The molecule has 0 radical (unpaired) electrons. The topological polar surface area (TPSA) is 38.0 Å². The Labute approximate surface area is 118 Å². The van der Waals surface area contributed by atoms with Crippen LogP contribution in [0.2, 0.25) is 0 Å². The summed E-state index contributed by atoms with van der Waals surface area (Å²) in [5.41, 5.74) is 2.01. The largest absolute Gasteiger partial charge is 0.385 e. The molecule has 1 atom stereocenters. The molecule has 0 aliphatic carbocycles. The molecule has 1 heterocycles. The van der Waals surface area contributed by atoms with Gasteiger partial charge in [0.1, 0.15) is 0 Å². The van der Waals surface area contributed by atoms with Crippen LogP contribution < -0.4 is 0 Å².